The second-order valence-corrected chi connectivity index (χ2v) is 6.38. The molecule has 0 amide bonds. The zero-order valence-electron chi connectivity index (χ0n) is 14.1. The number of benzene rings is 1. The highest BCUT2D eigenvalue weighted by Gasteiger charge is 2.32. The molecule has 1 aromatic carbocycles. The number of hydrogen-bond donors (Lipinski definition) is 1. The first kappa shape index (κ1) is 16.3. The van der Waals surface area contributed by atoms with Gasteiger partial charge in [0.2, 0.25) is 0 Å². The molecule has 1 N–H and O–H groups in total. The quantitative estimate of drug-likeness (QED) is 0.898. The molecule has 1 fully saturated rings. The summed E-state index contributed by atoms with van der Waals surface area (Å²) in [5.41, 5.74) is 1.33. The molecule has 1 aliphatic heterocycles. The van der Waals surface area contributed by atoms with Crippen LogP contribution in [0.15, 0.2) is 24.3 Å². The van der Waals surface area contributed by atoms with Crippen LogP contribution >= 0.6 is 0 Å². The Morgan fingerprint density at radius 2 is 1.90 bits per heavy atom. The summed E-state index contributed by atoms with van der Waals surface area (Å²) in [5, 5.41) is 3.51. The second-order valence-electron chi connectivity index (χ2n) is 6.38. The first-order valence-corrected chi connectivity index (χ1v) is 8.15. The number of piperidine rings is 1. The third-order valence-corrected chi connectivity index (χ3v) is 5.21. The van der Waals surface area contributed by atoms with Crippen LogP contribution in [-0.2, 0) is 0 Å². The lowest BCUT2D eigenvalue weighted by Gasteiger charge is -2.44. The molecule has 118 valence electrons. The number of likely N-dealkylation sites (N-methyl/N-ethyl adjacent to an activating group) is 1. The van der Waals surface area contributed by atoms with Gasteiger partial charge < -0.3 is 10.1 Å². The van der Waals surface area contributed by atoms with Crippen LogP contribution in [0.4, 0.5) is 0 Å². The summed E-state index contributed by atoms with van der Waals surface area (Å²) in [5.74, 6) is 1.70. The van der Waals surface area contributed by atoms with Gasteiger partial charge in [-0.1, -0.05) is 19.1 Å². The van der Waals surface area contributed by atoms with E-state index in [1.807, 2.05) is 0 Å². The molecule has 4 unspecified atom stereocenters. The normalized spacial score (nSPS) is 26.3. The Morgan fingerprint density at radius 1 is 1.24 bits per heavy atom. The van der Waals surface area contributed by atoms with E-state index in [4.69, 9.17) is 4.74 Å². The average molecular weight is 290 g/mol. The standard InChI is InChI=1S/C18H30N2O/c1-13-7-6-12-20(14(13)2)15(3)18(19-4)16-8-10-17(21-5)11-9-16/h8-11,13-15,18-19H,6-7,12H2,1-5H3. The van der Waals surface area contributed by atoms with Crippen molar-refractivity contribution in [2.45, 2.75) is 51.7 Å². The molecule has 1 aliphatic rings. The lowest BCUT2D eigenvalue weighted by atomic mass is 9.88. The largest absolute Gasteiger partial charge is 0.497 e. The summed E-state index contributed by atoms with van der Waals surface area (Å²) in [4.78, 5) is 2.67. The van der Waals surface area contributed by atoms with E-state index >= 15 is 0 Å². The Balaban J connectivity index is 2.15. The van der Waals surface area contributed by atoms with E-state index in [2.05, 4.69) is 62.3 Å². The Kier molecular flexibility index (Phi) is 5.65. The van der Waals surface area contributed by atoms with Crippen LogP contribution in [0.5, 0.6) is 5.75 Å². The molecule has 3 heteroatoms. The van der Waals surface area contributed by atoms with Crippen molar-refractivity contribution in [3.63, 3.8) is 0 Å². The summed E-state index contributed by atoms with van der Waals surface area (Å²) >= 11 is 0. The molecule has 0 spiro atoms. The van der Waals surface area contributed by atoms with Crippen LogP contribution in [-0.4, -0.2) is 37.7 Å². The predicted octanol–water partition coefficient (Wildman–Crippen LogP) is 3.46. The minimum Gasteiger partial charge on any atom is -0.497 e. The van der Waals surface area contributed by atoms with Gasteiger partial charge in [-0.15, -0.1) is 0 Å². The monoisotopic (exact) mass is 290 g/mol. The number of nitrogens with one attached hydrogen (secondary N) is 1. The molecule has 4 atom stereocenters. The van der Waals surface area contributed by atoms with Crippen molar-refractivity contribution in [3.8, 4) is 5.75 Å². The Bertz CT molecular complexity index is 431. The van der Waals surface area contributed by atoms with E-state index in [0.29, 0.717) is 18.1 Å². The van der Waals surface area contributed by atoms with Crippen LogP contribution in [0.2, 0.25) is 0 Å². The molecule has 2 rings (SSSR count). The molecule has 0 aliphatic carbocycles. The first-order chi connectivity index (χ1) is 10.1. The average Bonchev–Trinajstić information content (AvgIpc) is 2.51. The molecule has 21 heavy (non-hydrogen) atoms. The lowest BCUT2D eigenvalue weighted by Crippen LogP contribution is -2.51. The molecule has 0 bridgehead atoms. The minimum atomic E-state index is 0.351. The minimum absolute atomic E-state index is 0.351. The van der Waals surface area contributed by atoms with Crippen molar-refractivity contribution >= 4 is 0 Å². The van der Waals surface area contributed by atoms with Crippen molar-refractivity contribution in [1.29, 1.82) is 0 Å². The van der Waals surface area contributed by atoms with Crippen molar-refractivity contribution < 1.29 is 4.74 Å². The highest BCUT2D eigenvalue weighted by atomic mass is 16.5. The van der Waals surface area contributed by atoms with Gasteiger partial charge in [0.05, 0.1) is 7.11 Å². The SMILES string of the molecule is CNC(c1ccc(OC)cc1)C(C)N1CCCC(C)C1C. The number of ether oxygens (including phenoxy) is 1. The maximum absolute atomic E-state index is 5.26. The highest BCUT2D eigenvalue weighted by molar-refractivity contribution is 5.29. The van der Waals surface area contributed by atoms with Gasteiger partial charge in [0.15, 0.2) is 0 Å². The number of likely N-dealkylation sites (tertiary alicyclic amines) is 1. The van der Waals surface area contributed by atoms with Gasteiger partial charge >= 0.3 is 0 Å². The fourth-order valence-corrected chi connectivity index (χ4v) is 3.63. The molecular weight excluding hydrogens is 260 g/mol. The van der Waals surface area contributed by atoms with Gasteiger partial charge in [-0.2, -0.15) is 0 Å². The zero-order chi connectivity index (χ0) is 15.4. The van der Waals surface area contributed by atoms with E-state index < -0.39 is 0 Å². The molecule has 1 aromatic rings. The summed E-state index contributed by atoms with van der Waals surface area (Å²) in [6, 6.07) is 9.94. The van der Waals surface area contributed by atoms with E-state index in [0.717, 1.165) is 11.7 Å². The van der Waals surface area contributed by atoms with Crippen molar-refractivity contribution in [3.05, 3.63) is 29.8 Å². The van der Waals surface area contributed by atoms with Crippen LogP contribution in [0, 0.1) is 5.92 Å². The Hall–Kier alpha value is -1.06. The van der Waals surface area contributed by atoms with E-state index in [-0.39, 0.29) is 0 Å². The second kappa shape index (κ2) is 7.28. The van der Waals surface area contributed by atoms with Gasteiger partial charge in [0, 0.05) is 18.1 Å². The van der Waals surface area contributed by atoms with E-state index in [1.54, 1.807) is 7.11 Å². The number of methoxy groups -OCH3 is 1. The fourth-order valence-electron chi connectivity index (χ4n) is 3.63. The van der Waals surface area contributed by atoms with Crippen LogP contribution in [0.1, 0.15) is 45.2 Å². The number of rotatable bonds is 5. The topological polar surface area (TPSA) is 24.5 Å². The Morgan fingerprint density at radius 3 is 2.48 bits per heavy atom. The van der Waals surface area contributed by atoms with E-state index in [1.165, 1.54) is 24.9 Å². The summed E-state index contributed by atoms with van der Waals surface area (Å²) in [6.07, 6.45) is 2.67. The molecule has 0 aromatic heterocycles. The fraction of sp³-hybridized carbons (Fsp3) is 0.667. The predicted molar refractivity (Wildman–Crippen MR) is 88.8 cm³/mol. The molecule has 0 radical (unpaired) electrons. The maximum Gasteiger partial charge on any atom is 0.118 e. The maximum atomic E-state index is 5.26. The van der Waals surface area contributed by atoms with Gasteiger partial charge in [0.25, 0.3) is 0 Å². The zero-order valence-corrected chi connectivity index (χ0v) is 14.1. The smallest absolute Gasteiger partial charge is 0.118 e. The summed E-state index contributed by atoms with van der Waals surface area (Å²) in [7, 11) is 3.77. The number of hydrogen-bond acceptors (Lipinski definition) is 3. The third-order valence-electron chi connectivity index (χ3n) is 5.21. The van der Waals surface area contributed by atoms with Gasteiger partial charge in [-0.3, -0.25) is 4.90 Å². The lowest BCUT2D eigenvalue weighted by molar-refractivity contribution is 0.0588. The van der Waals surface area contributed by atoms with E-state index in [9.17, 15) is 0 Å². The highest BCUT2D eigenvalue weighted by Crippen LogP contribution is 2.30. The summed E-state index contributed by atoms with van der Waals surface area (Å²) < 4.78 is 5.26. The number of nitrogens with zero attached hydrogens (tertiary/aromatic N) is 1. The molecule has 1 heterocycles. The summed E-state index contributed by atoms with van der Waals surface area (Å²) in [6.45, 7) is 8.31. The van der Waals surface area contributed by atoms with Gasteiger partial charge in [-0.05, 0) is 63.9 Å². The third kappa shape index (κ3) is 3.58. The van der Waals surface area contributed by atoms with Crippen LogP contribution in [0.3, 0.4) is 0 Å². The molecule has 0 saturated carbocycles. The first-order valence-electron chi connectivity index (χ1n) is 8.15. The molecular formula is C18H30N2O. The van der Waals surface area contributed by atoms with Crippen LogP contribution in [0.25, 0.3) is 0 Å². The molecule has 1 saturated heterocycles. The Labute approximate surface area is 129 Å². The van der Waals surface area contributed by atoms with Crippen LogP contribution < -0.4 is 10.1 Å². The van der Waals surface area contributed by atoms with Gasteiger partial charge in [0.1, 0.15) is 5.75 Å². The van der Waals surface area contributed by atoms with Crippen molar-refractivity contribution in [1.82, 2.24) is 10.2 Å². The van der Waals surface area contributed by atoms with Crippen molar-refractivity contribution in [2.75, 3.05) is 20.7 Å². The van der Waals surface area contributed by atoms with Crippen molar-refractivity contribution in [2.24, 2.45) is 5.92 Å². The molecule has 3 nitrogen and oxygen atoms in total. The van der Waals surface area contributed by atoms with Gasteiger partial charge in [-0.25, -0.2) is 0 Å².